The van der Waals surface area contributed by atoms with Gasteiger partial charge in [-0.1, -0.05) is 60.7 Å². The quantitative estimate of drug-likeness (QED) is 0.202. The molecule has 8 rings (SSSR count). The van der Waals surface area contributed by atoms with Crippen LogP contribution in [-0.4, -0.2) is 0 Å². The molecule has 130 valence electrons. The van der Waals surface area contributed by atoms with Crippen molar-refractivity contribution in [2.45, 2.75) is 11.8 Å². The summed E-state index contributed by atoms with van der Waals surface area (Å²) in [6.45, 7) is 0. The minimum atomic E-state index is 0.371. The monoisotopic (exact) mass is 354 g/mol. The maximum Gasteiger partial charge on any atom is 0.0276 e. The summed E-state index contributed by atoms with van der Waals surface area (Å²) in [5.74, 6) is 0.742. The third-order valence-corrected chi connectivity index (χ3v) is 6.69. The Kier molecular flexibility index (Phi) is 2.67. The lowest BCUT2D eigenvalue weighted by atomic mass is 9.67. The van der Waals surface area contributed by atoms with Crippen LogP contribution in [0.25, 0.3) is 32.3 Å². The smallest absolute Gasteiger partial charge is 0.0276 e. The number of hydrogen-bond acceptors (Lipinski definition) is 0. The Labute approximate surface area is 163 Å². The van der Waals surface area contributed by atoms with Gasteiger partial charge < -0.3 is 0 Å². The fraction of sp³-hybridized carbons (Fsp3) is 0.0714. The highest BCUT2D eigenvalue weighted by molar-refractivity contribution is 5.99. The highest BCUT2D eigenvalue weighted by atomic mass is 14.4. The summed E-state index contributed by atoms with van der Waals surface area (Å²) < 4.78 is 0. The minimum Gasteiger partial charge on any atom is -0.0757 e. The third kappa shape index (κ3) is 1.85. The topological polar surface area (TPSA) is 0 Å². The first-order chi connectivity index (χ1) is 13.8. The molecule has 5 aromatic carbocycles. The Hall–Kier alpha value is -3.38. The van der Waals surface area contributed by atoms with E-state index in [1.165, 1.54) is 54.6 Å². The molecule has 2 bridgehead atoms. The second-order valence-electron chi connectivity index (χ2n) is 8.20. The Morgan fingerprint density at radius 2 is 0.679 bits per heavy atom. The van der Waals surface area contributed by atoms with Crippen LogP contribution in [0.3, 0.4) is 0 Å². The van der Waals surface area contributed by atoms with Crippen molar-refractivity contribution < 1.29 is 0 Å². The van der Waals surface area contributed by atoms with Gasteiger partial charge in [-0.05, 0) is 91.0 Å². The molecule has 3 aliphatic rings. The molecule has 0 amide bonds. The van der Waals surface area contributed by atoms with Gasteiger partial charge in [0.2, 0.25) is 0 Å². The number of fused-ring (bicyclic) bond motifs is 3. The molecule has 0 saturated heterocycles. The maximum absolute atomic E-state index is 2.44. The predicted molar refractivity (Wildman–Crippen MR) is 118 cm³/mol. The van der Waals surface area contributed by atoms with Gasteiger partial charge >= 0.3 is 0 Å². The van der Waals surface area contributed by atoms with Crippen molar-refractivity contribution in [3.8, 4) is 0 Å². The van der Waals surface area contributed by atoms with Gasteiger partial charge in [0.15, 0.2) is 0 Å². The van der Waals surface area contributed by atoms with E-state index in [1.54, 1.807) is 0 Å². The largest absolute Gasteiger partial charge is 0.0757 e. The van der Waals surface area contributed by atoms with E-state index in [0.29, 0.717) is 11.8 Å². The average Bonchev–Trinajstić information content (AvgIpc) is 2.75. The van der Waals surface area contributed by atoms with E-state index in [1.807, 2.05) is 0 Å². The number of hydrogen-bond donors (Lipinski definition) is 0. The van der Waals surface area contributed by atoms with Crippen LogP contribution >= 0.6 is 0 Å². The molecule has 2 atom stereocenters. The SMILES string of the molecule is C1=CC2c3cc4ccccc4cc3C1c1cc3cc4ccccc4cc3cc12. The summed E-state index contributed by atoms with van der Waals surface area (Å²) in [6.07, 6.45) is 4.83. The third-order valence-electron chi connectivity index (χ3n) is 6.69. The number of benzene rings is 5. The van der Waals surface area contributed by atoms with Gasteiger partial charge in [-0.2, -0.15) is 0 Å². The van der Waals surface area contributed by atoms with Gasteiger partial charge in [-0.25, -0.2) is 0 Å². The minimum absolute atomic E-state index is 0.371. The van der Waals surface area contributed by atoms with Crippen LogP contribution in [0.2, 0.25) is 0 Å². The van der Waals surface area contributed by atoms with Gasteiger partial charge in [0.1, 0.15) is 0 Å². The zero-order chi connectivity index (χ0) is 18.2. The van der Waals surface area contributed by atoms with E-state index >= 15 is 0 Å². The standard InChI is InChI=1S/C28H18/c1-2-6-18-12-22-16-28-24-10-9-23(27(28)15-21(22)11-17(18)5-1)25-13-19-7-3-4-8-20(19)14-26(24)25/h1-16,23-24H. The van der Waals surface area contributed by atoms with Gasteiger partial charge in [0.05, 0.1) is 0 Å². The fourth-order valence-electron chi connectivity index (χ4n) is 5.35. The molecule has 0 nitrogen and oxygen atoms in total. The summed E-state index contributed by atoms with van der Waals surface area (Å²) in [7, 11) is 0. The summed E-state index contributed by atoms with van der Waals surface area (Å²) in [4.78, 5) is 0. The second kappa shape index (κ2) is 5.11. The molecule has 0 N–H and O–H groups in total. The van der Waals surface area contributed by atoms with E-state index in [2.05, 4.69) is 97.1 Å². The van der Waals surface area contributed by atoms with Gasteiger partial charge in [0, 0.05) is 11.8 Å². The molecule has 0 heteroatoms. The predicted octanol–water partition coefficient (Wildman–Crippen LogP) is 7.29. The molecule has 3 aliphatic carbocycles. The number of rotatable bonds is 0. The highest BCUT2D eigenvalue weighted by Crippen LogP contribution is 2.50. The molecule has 2 unspecified atom stereocenters. The zero-order valence-corrected chi connectivity index (χ0v) is 15.4. The lowest BCUT2D eigenvalue weighted by molar-refractivity contribution is 0.817. The summed E-state index contributed by atoms with van der Waals surface area (Å²) in [5.41, 5.74) is 5.94. The molecular weight excluding hydrogens is 336 g/mol. The van der Waals surface area contributed by atoms with Crippen molar-refractivity contribution in [2.75, 3.05) is 0 Å². The molecule has 0 radical (unpaired) electrons. The van der Waals surface area contributed by atoms with Crippen molar-refractivity contribution in [1.29, 1.82) is 0 Å². The molecule has 0 heterocycles. The van der Waals surface area contributed by atoms with Crippen LogP contribution in [-0.2, 0) is 0 Å². The Bertz CT molecular complexity index is 1360. The molecule has 0 fully saturated rings. The first kappa shape index (κ1) is 14.6. The average molecular weight is 354 g/mol. The van der Waals surface area contributed by atoms with E-state index in [9.17, 15) is 0 Å². The van der Waals surface area contributed by atoms with Crippen molar-refractivity contribution in [1.82, 2.24) is 0 Å². The molecule has 28 heavy (non-hydrogen) atoms. The molecular formula is C28H18. The lowest BCUT2D eigenvalue weighted by Crippen LogP contribution is -2.20. The normalized spacial score (nSPS) is 19.3. The van der Waals surface area contributed by atoms with Crippen LogP contribution in [0.5, 0.6) is 0 Å². The number of allylic oxidation sites excluding steroid dienone is 2. The molecule has 0 spiro atoms. The van der Waals surface area contributed by atoms with Crippen LogP contribution in [0.1, 0.15) is 34.1 Å². The summed E-state index contributed by atoms with van der Waals surface area (Å²) in [5, 5.41) is 8.02. The Morgan fingerprint density at radius 1 is 0.357 bits per heavy atom. The maximum atomic E-state index is 2.44. The van der Waals surface area contributed by atoms with Gasteiger partial charge in [-0.3, -0.25) is 0 Å². The van der Waals surface area contributed by atoms with E-state index in [-0.39, 0.29) is 0 Å². The van der Waals surface area contributed by atoms with Crippen LogP contribution in [0, 0.1) is 0 Å². The summed E-state index contributed by atoms with van der Waals surface area (Å²) in [6, 6.07) is 31.8. The lowest BCUT2D eigenvalue weighted by Gasteiger charge is -2.36. The van der Waals surface area contributed by atoms with Crippen molar-refractivity contribution >= 4 is 32.3 Å². The van der Waals surface area contributed by atoms with E-state index < -0.39 is 0 Å². The highest BCUT2D eigenvalue weighted by Gasteiger charge is 2.34. The van der Waals surface area contributed by atoms with E-state index in [4.69, 9.17) is 0 Å². The van der Waals surface area contributed by atoms with Crippen molar-refractivity contribution in [2.24, 2.45) is 0 Å². The fourth-order valence-corrected chi connectivity index (χ4v) is 5.35. The first-order valence-electron chi connectivity index (χ1n) is 10.0. The van der Waals surface area contributed by atoms with E-state index in [0.717, 1.165) is 0 Å². The first-order valence-corrected chi connectivity index (χ1v) is 10.0. The van der Waals surface area contributed by atoms with Gasteiger partial charge in [0.25, 0.3) is 0 Å². The zero-order valence-electron chi connectivity index (χ0n) is 15.4. The van der Waals surface area contributed by atoms with Crippen molar-refractivity contribution in [3.05, 3.63) is 119 Å². The molecule has 5 aromatic rings. The molecule has 0 saturated carbocycles. The Morgan fingerprint density at radius 3 is 1.07 bits per heavy atom. The van der Waals surface area contributed by atoms with Crippen LogP contribution < -0.4 is 0 Å². The van der Waals surface area contributed by atoms with Crippen molar-refractivity contribution in [3.63, 3.8) is 0 Å². The van der Waals surface area contributed by atoms with Crippen LogP contribution in [0.15, 0.2) is 97.1 Å². The second-order valence-corrected chi connectivity index (χ2v) is 8.20. The van der Waals surface area contributed by atoms with Gasteiger partial charge in [-0.15, -0.1) is 0 Å². The molecule has 0 aromatic heterocycles. The summed E-state index contributed by atoms with van der Waals surface area (Å²) >= 11 is 0. The van der Waals surface area contributed by atoms with Crippen LogP contribution in [0.4, 0.5) is 0 Å². The Balaban J connectivity index is 1.52. The molecule has 0 aliphatic heterocycles.